The molecular formula is C13H17NOS. The summed E-state index contributed by atoms with van der Waals surface area (Å²) in [7, 11) is -1.26. The molecule has 0 aliphatic carbocycles. The van der Waals surface area contributed by atoms with Crippen LogP contribution in [0.3, 0.4) is 0 Å². The van der Waals surface area contributed by atoms with Crippen molar-refractivity contribution in [3.63, 3.8) is 0 Å². The molecule has 0 saturated carbocycles. The monoisotopic (exact) mass is 235 g/mol. The number of rotatable bonds is 3. The van der Waals surface area contributed by atoms with Crippen LogP contribution in [0.15, 0.2) is 30.3 Å². The van der Waals surface area contributed by atoms with Crippen molar-refractivity contribution in [1.82, 2.24) is 0 Å². The summed E-state index contributed by atoms with van der Waals surface area (Å²) in [5, 5.41) is -0.312. The molecule has 1 N–H and O–H groups in total. The minimum Gasteiger partial charge on any atom is -0.304 e. The largest absolute Gasteiger partial charge is 0.304 e. The van der Waals surface area contributed by atoms with E-state index in [4.69, 9.17) is 6.42 Å². The summed E-state index contributed by atoms with van der Waals surface area (Å²) >= 11 is 0. The molecule has 2 atom stereocenters. The Labute approximate surface area is 100 Å². The molecule has 3 heteroatoms. The Bertz CT molecular complexity index is 400. The highest BCUT2D eigenvalue weighted by molar-refractivity contribution is 7.87. The molecule has 16 heavy (non-hydrogen) atoms. The normalized spacial score (nSPS) is 14.9. The van der Waals surface area contributed by atoms with Crippen molar-refractivity contribution in [2.75, 3.05) is 4.72 Å². The molecule has 1 aromatic rings. The Morgan fingerprint density at radius 2 is 1.88 bits per heavy atom. The van der Waals surface area contributed by atoms with Crippen molar-refractivity contribution < 1.29 is 4.21 Å². The first-order valence-corrected chi connectivity index (χ1v) is 6.35. The maximum atomic E-state index is 12.0. The lowest BCUT2D eigenvalue weighted by Crippen LogP contribution is -2.32. The second-order valence-corrected chi connectivity index (χ2v) is 5.95. The van der Waals surface area contributed by atoms with Crippen LogP contribution >= 0.6 is 0 Å². The summed E-state index contributed by atoms with van der Waals surface area (Å²) < 4.78 is 15.0. The summed E-state index contributed by atoms with van der Waals surface area (Å²) in [4.78, 5) is 0. The third-order valence-electron chi connectivity index (χ3n) is 2.14. The zero-order chi connectivity index (χ0) is 12.2. The molecule has 1 aromatic carbocycles. The molecule has 2 unspecified atom stereocenters. The van der Waals surface area contributed by atoms with Crippen molar-refractivity contribution in [1.29, 1.82) is 0 Å². The Balaban J connectivity index is 2.77. The highest BCUT2D eigenvalue weighted by Crippen LogP contribution is 2.24. The zero-order valence-corrected chi connectivity index (χ0v) is 10.7. The molecule has 0 radical (unpaired) electrons. The van der Waals surface area contributed by atoms with Crippen molar-refractivity contribution >= 4 is 16.7 Å². The van der Waals surface area contributed by atoms with Crippen LogP contribution in [0, 0.1) is 17.8 Å². The molecule has 0 aliphatic heterocycles. The number of benzene rings is 1. The molecule has 0 heterocycles. The molecule has 1 rings (SSSR count). The van der Waals surface area contributed by atoms with Crippen LogP contribution in [0.1, 0.15) is 20.8 Å². The Morgan fingerprint density at radius 1 is 1.31 bits per heavy atom. The fourth-order valence-corrected chi connectivity index (χ4v) is 2.57. The predicted molar refractivity (Wildman–Crippen MR) is 70.3 cm³/mol. The van der Waals surface area contributed by atoms with Crippen molar-refractivity contribution in [3.05, 3.63) is 30.3 Å². The maximum Gasteiger partial charge on any atom is 0.133 e. The van der Waals surface area contributed by atoms with Gasteiger partial charge in [0.2, 0.25) is 0 Å². The van der Waals surface area contributed by atoms with Gasteiger partial charge in [0.25, 0.3) is 0 Å². The topological polar surface area (TPSA) is 29.1 Å². The van der Waals surface area contributed by atoms with Gasteiger partial charge < -0.3 is 4.72 Å². The smallest absolute Gasteiger partial charge is 0.133 e. The second kappa shape index (κ2) is 5.18. The number of terminal acetylenes is 1. The summed E-state index contributed by atoms with van der Waals surface area (Å²) in [5.41, 5.74) is 0.645. The van der Waals surface area contributed by atoms with Crippen LogP contribution in [0.25, 0.3) is 0 Å². The van der Waals surface area contributed by atoms with Crippen LogP contribution in [0.5, 0.6) is 0 Å². The van der Waals surface area contributed by atoms with Crippen LogP contribution < -0.4 is 4.72 Å². The molecule has 0 aromatic heterocycles. The van der Waals surface area contributed by atoms with E-state index in [0.29, 0.717) is 0 Å². The quantitative estimate of drug-likeness (QED) is 0.802. The van der Waals surface area contributed by atoms with Gasteiger partial charge in [-0.1, -0.05) is 44.9 Å². The van der Waals surface area contributed by atoms with Gasteiger partial charge in [-0.3, -0.25) is 0 Å². The van der Waals surface area contributed by atoms with Gasteiger partial charge in [0.1, 0.15) is 16.2 Å². The molecule has 0 spiro atoms. The molecule has 2 nitrogen and oxygen atoms in total. The molecule has 0 saturated heterocycles. The first-order valence-electron chi connectivity index (χ1n) is 5.13. The molecule has 0 fully saturated rings. The number of hydrogen-bond acceptors (Lipinski definition) is 1. The van der Waals surface area contributed by atoms with Crippen molar-refractivity contribution in [2.24, 2.45) is 5.41 Å². The minimum atomic E-state index is -1.26. The van der Waals surface area contributed by atoms with Gasteiger partial charge in [-0.25, -0.2) is 4.21 Å². The van der Waals surface area contributed by atoms with Crippen LogP contribution in [0.4, 0.5) is 5.69 Å². The molecular weight excluding hydrogens is 218 g/mol. The van der Waals surface area contributed by atoms with Gasteiger partial charge >= 0.3 is 0 Å². The fourth-order valence-electron chi connectivity index (χ4n) is 1.31. The Morgan fingerprint density at radius 3 is 2.31 bits per heavy atom. The average Bonchev–Trinajstić information content (AvgIpc) is 2.17. The standard InChI is InChI=1S/C13H17NOS/c1-5-12(13(2,3)4)16(15)14-11-9-7-6-8-10-11/h1,6-10,12,14H,2-4H3. The fraction of sp³-hybridized carbons (Fsp3) is 0.385. The van der Waals surface area contributed by atoms with E-state index in [9.17, 15) is 4.21 Å². The summed E-state index contributed by atoms with van der Waals surface area (Å²) in [5.74, 6) is 2.60. The van der Waals surface area contributed by atoms with Crippen molar-refractivity contribution in [2.45, 2.75) is 26.0 Å². The average molecular weight is 235 g/mol. The molecule has 0 bridgehead atoms. The van der Waals surface area contributed by atoms with Crippen LogP contribution in [0.2, 0.25) is 0 Å². The van der Waals surface area contributed by atoms with Gasteiger partial charge in [0.15, 0.2) is 0 Å². The minimum absolute atomic E-state index is 0.179. The van der Waals surface area contributed by atoms with Gasteiger partial charge in [-0.2, -0.15) is 0 Å². The third-order valence-corrected chi connectivity index (χ3v) is 3.85. The van der Waals surface area contributed by atoms with E-state index in [2.05, 4.69) is 10.6 Å². The van der Waals surface area contributed by atoms with Crippen LogP contribution in [-0.4, -0.2) is 9.46 Å². The highest BCUT2D eigenvalue weighted by atomic mass is 32.2. The number of hydrogen-bond donors (Lipinski definition) is 1. The SMILES string of the molecule is C#CC(S(=O)Nc1ccccc1)C(C)(C)C. The Kier molecular flexibility index (Phi) is 4.14. The lowest BCUT2D eigenvalue weighted by Gasteiger charge is -2.25. The molecule has 86 valence electrons. The van der Waals surface area contributed by atoms with Gasteiger partial charge in [0, 0.05) is 5.69 Å². The lowest BCUT2D eigenvalue weighted by atomic mass is 9.92. The number of para-hydroxylation sites is 1. The second-order valence-electron chi connectivity index (χ2n) is 4.68. The van der Waals surface area contributed by atoms with E-state index in [1.807, 2.05) is 51.1 Å². The lowest BCUT2D eigenvalue weighted by molar-refractivity contribution is 0.433. The summed E-state index contributed by atoms with van der Waals surface area (Å²) in [6.07, 6.45) is 5.43. The zero-order valence-electron chi connectivity index (χ0n) is 9.86. The number of anilines is 1. The van der Waals surface area contributed by atoms with E-state index in [-0.39, 0.29) is 10.7 Å². The van der Waals surface area contributed by atoms with E-state index in [1.165, 1.54) is 0 Å². The molecule has 0 aliphatic rings. The van der Waals surface area contributed by atoms with E-state index in [0.717, 1.165) is 5.69 Å². The van der Waals surface area contributed by atoms with Gasteiger partial charge in [0.05, 0.1) is 0 Å². The van der Waals surface area contributed by atoms with E-state index < -0.39 is 11.0 Å². The summed E-state index contributed by atoms with van der Waals surface area (Å²) in [6, 6.07) is 9.43. The summed E-state index contributed by atoms with van der Waals surface area (Å²) in [6.45, 7) is 5.96. The van der Waals surface area contributed by atoms with Crippen LogP contribution in [-0.2, 0) is 11.0 Å². The highest BCUT2D eigenvalue weighted by Gasteiger charge is 2.28. The first-order chi connectivity index (χ1) is 7.45. The maximum absolute atomic E-state index is 12.0. The molecule has 0 amide bonds. The van der Waals surface area contributed by atoms with Crippen molar-refractivity contribution in [3.8, 4) is 12.3 Å². The van der Waals surface area contributed by atoms with E-state index >= 15 is 0 Å². The van der Waals surface area contributed by atoms with Gasteiger partial charge in [-0.15, -0.1) is 6.42 Å². The van der Waals surface area contributed by atoms with Gasteiger partial charge in [-0.05, 0) is 17.5 Å². The number of nitrogens with one attached hydrogen (secondary N) is 1. The Hall–Kier alpha value is -1.27. The third kappa shape index (κ3) is 3.39. The first kappa shape index (κ1) is 12.8. The van der Waals surface area contributed by atoms with E-state index in [1.54, 1.807) is 0 Å². The predicted octanol–water partition coefficient (Wildman–Crippen LogP) is 2.81.